The van der Waals surface area contributed by atoms with Gasteiger partial charge in [0.1, 0.15) is 17.5 Å². The summed E-state index contributed by atoms with van der Waals surface area (Å²) in [5.74, 6) is -0.328. The first kappa shape index (κ1) is 18.7. The summed E-state index contributed by atoms with van der Waals surface area (Å²) in [6, 6.07) is 16.9. The summed E-state index contributed by atoms with van der Waals surface area (Å²) in [5, 5.41) is 23.4. The molecule has 2 aromatic carbocycles. The van der Waals surface area contributed by atoms with Gasteiger partial charge in [-0.25, -0.2) is 4.39 Å². The van der Waals surface area contributed by atoms with Crippen molar-refractivity contribution in [3.05, 3.63) is 81.9 Å². The molecule has 2 aromatic heterocycles. The minimum atomic E-state index is -0.804. The Morgan fingerprint density at radius 3 is 2.55 bits per heavy atom. The zero-order valence-corrected chi connectivity index (χ0v) is 15.8. The minimum absolute atomic E-state index is 0.183. The molecular weight excluding hydrogens is 371 g/mol. The van der Waals surface area contributed by atoms with Crippen molar-refractivity contribution in [1.29, 1.82) is 5.26 Å². The summed E-state index contributed by atoms with van der Waals surface area (Å²) < 4.78 is 16.4. The fourth-order valence-electron chi connectivity index (χ4n) is 3.60. The Morgan fingerprint density at radius 1 is 1.17 bits per heavy atom. The van der Waals surface area contributed by atoms with Crippen molar-refractivity contribution in [2.45, 2.75) is 19.6 Å². The third-order valence-corrected chi connectivity index (χ3v) is 4.95. The molecule has 0 radical (unpaired) electrons. The number of nitrogens with one attached hydrogen (secondary N) is 1. The van der Waals surface area contributed by atoms with E-state index in [4.69, 9.17) is 0 Å². The van der Waals surface area contributed by atoms with Gasteiger partial charge in [-0.05, 0) is 48.9 Å². The van der Waals surface area contributed by atoms with Crippen molar-refractivity contribution in [1.82, 2.24) is 8.97 Å². The highest BCUT2D eigenvalue weighted by Crippen LogP contribution is 2.24. The second-order valence-electron chi connectivity index (χ2n) is 6.95. The molecule has 0 aliphatic heterocycles. The molecule has 2 heterocycles. The third-order valence-electron chi connectivity index (χ3n) is 4.95. The van der Waals surface area contributed by atoms with E-state index in [1.54, 1.807) is 23.6 Å². The number of hydrogen-bond donors (Lipinski definition) is 2. The van der Waals surface area contributed by atoms with Crippen LogP contribution in [0.3, 0.4) is 0 Å². The van der Waals surface area contributed by atoms with Crippen LogP contribution in [-0.2, 0) is 6.54 Å². The Bertz CT molecular complexity index is 1300. The van der Waals surface area contributed by atoms with E-state index in [-0.39, 0.29) is 24.5 Å². The predicted octanol–water partition coefficient (Wildman–Crippen LogP) is 3.05. The SMILES string of the molecule is Cc1cc(=O)n2c3ccccc3n(CC(O)CNc3ccc(F)cc3)c2c1C#N. The summed E-state index contributed by atoms with van der Waals surface area (Å²) in [6.07, 6.45) is -0.804. The van der Waals surface area contributed by atoms with Gasteiger partial charge in [-0.2, -0.15) is 5.26 Å². The highest BCUT2D eigenvalue weighted by atomic mass is 19.1. The molecule has 0 aliphatic carbocycles. The zero-order valence-electron chi connectivity index (χ0n) is 15.8. The van der Waals surface area contributed by atoms with Gasteiger partial charge in [-0.1, -0.05) is 12.1 Å². The molecule has 0 saturated heterocycles. The number of nitriles is 1. The number of aliphatic hydroxyl groups excluding tert-OH is 1. The van der Waals surface area contributed by atoms with Crippen molar-refractivity contribution in [3.8, 4) is 6.07 Å². The number of hydrogen-bond acceptors (Lipinski definition) is 4. The Hall–Kier alpha value is -3.63. The molecule has 4 aromatic rings. The van der Waals surface area contributed by atoms with E-state index in [1.165, 1.54) is 22.6 Å². The molecule has 1 atom stereocenters. The number of pyridine rings is 1. The van der Waals surface area contributed by atoms with E-state index in [9.17, 15) is 19.6 Å². The number of rotatable bonds is 5. The van der Waals surface area contributed by atoms with Crippen LogP contribution in [0.15, 0.2) is 59.4 Å². The average molecular weight is 390 g/mol. The van der Waals surface area contributed by atoms with Gasteiger partial charge in [0.2, 0.25) is 0 Å². The smallest absolute Gasteiger partial charge is 0.257 e. The Kier molecular flexibility index (Phi) is 4.79. The van der Waals surface area contributed by atoms with Gasteiger partial charge in [-0.3, -0.25) is 9.20 Å². The second-order valence-corrected chi connectivity index (χ2v) is 6.95. The molecule has 2 N–H and O–H groups in total. The summed E-state index contributed by atoms with van der Waals surface area (Å²) >= 11 is 0. The van der Waals surface area contributed by atoms with Crippen LogP contribution in [0.2, 0.25) is 0 Å². The van der Waals surface area contributed by atoms with Crippen molar-refractivity contribution < 1.29 is 9.50 Å². The van der Waals surface area contributed by atoms with Crippen LogP contribution in [0.25, 0.3) is 16.7 Å². The number of benzene rings is 2. The molecule has 146 valence electrons. The number of aryl methyl sites for hydroxylation is 1. The summed E-state index contributed by atoms with van der Waals surface area (Å²) in [6.45, 7) is 2.14. The first-order valence-electron chi connectivity index (χ1n) is 9.21. The minimum Gasteiger partial charge on any atom is -0.389 e. The highest BCUT2D eigenvalue weighted by molar-refractivity contribution is 5.84. The van der Waals surface area contributed by atoms with E-state index in [0.717, 1.165) is 5.52 Å². The molecule has 0 bridgehead atoms. The van der Waals surface area contributed by atoms with E-state index in [0.29, 0.717) is 28.0 Å². The van der Waals surface area contributed by atoms with Crippen molar-refractivity contribution >= 4 is 22.4 Å². The zero-order chi connectivity index (χ0) is 20.5. The normalized spacial score (nSPS) is 12.2. The molecule has 4 rings (SSSR count). The maximum absolute atomic E-state index is 13.0. The maximum Gasteiger partial charge on any atom is 0.257 e. The molecule has 0 amide bonds. The lowest BCUT2D eigenvalue weighted by Gasteiger charge is -2.15. The van der Waals surface area contributed by atoms with Crippen LogP contribution >= 0.6 is 0 Å². The van der Waals surface area contributed by atoms with Crippen LogP contribution in [0.4, 0.5) is 10.1 Å². The topological polar surface area (TPSA) is 82.5 Å². The van der Waals surface area contributed by atoms with Gasteiger partial charge in [0.15, 0.2) is 0 Å². The van der Waals surface area contributed by atoms with Crippen molar-refractivity contribution in [2.24, 2.45) is 0 Å². The van der Waals surface area contributed by atoms with Crippen molar-refractivity contribution in [3.63, 3.8) is 0 Å². The summed E-state index contributed by atoms with van der Waals surface area (Å²) in [4.78, 5) is 12.7. The largest absolute Gasteiger partial charge is 0.389 e. The molecule has 0 spiro atoms. The number of nitrogens with zero attached hydrogens (tertiary/aromatic N) is 3. The fourth-order valence-corrected chi connectivity index (χ4v) is 3.60. The lowest BCUT2D eigenvalue weighted by molar-refractivity contribution is 0.169. The van der Waals surface area contributed by atoms with Gasteiger partial charge in [0.05, 0.1) is 29.2 Å². The molecule has 0 saturated carbocycles. The first-order chi connectivity index (χ1) is 14.0. The van der Waals surface area contributed by atoms with Crippen LogP contribution < -0.4 is 10.9 Å². The highest BCUT2D eigenvalue weighted by Gasteiger charge is 2.19. The Labute approximate surface area is 166 Å². The quantitative estimate of drug-likeness (QED) is 0.549. The summed E-state index contributed by atoms with van der Waals surface area (Å²) in [7, 11) is 0. The van der Waals surface area contributed by atoms with Gasteiger partial charge >= 0.3 is 0 Å². The lowest BCUT2D eigenvalue weighted by atomic mass is 10.1. The number of halogens is 1. The predicted molar refractivity (Wildman–Crippen MR) is 110 cm³/mol. The number of fused-ring (bicyclic) bond motifs is 3. The molecular formula is C22H19FN4O2. The number of para-hydroxylation sites is 2. The van der Waals surface area contributed by atoms with Crippen LogP contribution in [0.5, 0.6) is 0 Å². The Balaban J connectivity index is 1.75. The summed E-state index contributed by atoms with van der Waals surface area (Å²) in [5.41, 5.74) is 3.39. The number of aromatic nitrogens is 2. The molecule has 29 heavy (non-hydrogen) atoms. The van der Waals surface area contributed by atoms with Crippen LogP contribution in [0.1, 0.15) is 11.1 Å². The van der Waals surface area contributed by atoms with Gasteiger partial charge in [0, 0.05) is 18.3 Å². The molecule has 0 aliphatic rings. The Morgan fingerprint density at radius 2 is 1.86 bits per heavy atom. The molecule has 7 heteroatoms. The van der Waals surface area contributed by atoms with Crippen molar-refractivity contribution in [2.75, 3.05) is 11.9 Å². The van der Waals surface area contributed by atoms with E-state index in [2.05, 4.69) is 11.4 Å². The van der Waals surface area contributed by atoms with E-state index >= 15 is 0 Å². The number of aliphatic hydroxyl groups is 1. The third kappa shape index (κ3) is 3.35. The average Bonchev–Trinajstić information content (AvgIpc) is 3.03. The number of anilines is 1. The standard InChI is InChI=1S/C22H19FN4O2/c1-14-10-21(29)27-20-5-3-2-4-19(20)26(22(27)18(14)11-24)13-17(28)12-25-16-8-6-15(23)7-9-16/h2-10,17,25,28H,12-13H2,1H3. The molecule has 6 nitrogen and oxygen atoms in total. The first-order valence-corrected chi connectivity index (χ1v) is 9.21. The second kappa shape index (κ2) is 7.41. The fraction of sp³-hybridized carbons (Fsp3) is 0.182. The van der Waals surface area contributed by atoms with Gasteiger partial charge in [0.25, 0.3) is 5.56 Å². The number of imidazole rings is 1. The van der Waals surface area contributed by atoms with Gasteiger partial charge in [-0.15, -0.1) is 0 Å². The molecule has 0 fully saturated rings. The maximum atomic E-state index is 13.0. The lowest BCUT2D eigenvalue weighted by Crippen LogP contribution is -2.25. The molecule has 1 unspecified atom stereocenters. The van der Waals surface area contributed by atoms with Crippen LogP contribution in [0, 0.1) is 24.1 Å². The monoisotopic (exact) mass is 390 g/mol. The van der Waals surface area contributed by atoms with Crippen LogP contribution in [-0.4, -0.2) is 26.7 Å². The van der Waals surface area contributed by atoms with E-state index < -0.39 is 6.10 Å². The van der Waals surface area contributed by atoms with E-state index in [1.807, 2.05) is 24.3 Å². The van der Waals surface area contributed by atoms with Gasteiger partial charge < -0.3 is 15.0 Å².